The molecule has 4 heterocycles. The molecular formula is C68H99ClN8O12S3Ti. The van der Waals surface area contributed by atoms with Crippen LogP contribution in [0.2, 0.25) is 0 Å². The molecule has 0 aliphatic rings. The molecule has 0 aliphatic heterocycles. The summed E-state index contributed by atoms with van der Waals surface area (Å²) in [4.78, 5) is 55.3. The Labute approximate surface area is 579 Å². The van der Waals surface area contributed by atoms with Crippen LogP contribution in [-0.4, -0.2) is 125 Å². The van der Waals surface area contributed by atoms with Crippen molar-refractivity contribution in [2.75, 3.05) is 33.0 Å². The van der Waals surface area contributed by atoms with Gasteiger partial charge in [-0.2, -0.15) is 14.0 Å². The molecule has 9 N–H and O–H groups in total. The second kappa shape index (κ2) is 53.2. The van der Waals surface area contributed by atoms with Gasteiger partial charge < -0.3 is 30.9 Å². The van der Waals surface area contributed by atoms with Crippen molar-refractivity contribution in [3.8, 4) is 0 Å². The first-order valence-electron chi connectivity index (χ1n) is 29.5. The maximum absolute atomic E-state index is 12.4. The van der Waals surface area contributed by atoms with Gasteiger partial charge in [0.05, 0.1) is 71.3 Å². The van der Waals surface area contributed by atoms with Crippen molar-refractivity contribution in [2.24, 2.45) is 15.3 Å². The molecule has 25 heteroatoms. The fraction of sp³-hybridized carbons (Fsp3) is 0.412. The number of benzene rings is 4. The third-order valence-electron chi connectivity index (χ3n) is 10.9. The number of carbonyl (C=O) groups excluding carboxylic acids is 4. The van der Waals surface area contributed by atoms with Gasteiger partial charge in [-0.3, -0.25) is 34.7 Å². The molecule has 0 amide bonds. The van der Waals surface area contributed by atoms with E-state index in [1.54, 1.807) is 59.4 Å². The summed E-state index contributed by atoms with van der Waals surface area (Å²) in [7, 11) is -3.49. The van der Waals surface area contributed by atoms with E-state index in [4.69, 9.17) is 45.6 Å². The minimum atomic E-state index is -1.23. The number of aliphatic hydroxyl groups is 4. The number of fused-ring (bicyclic) bond motifs is 4. The Hall–Kier alpha value is -6.12. The van der Waals surface area contributed by atoms with Gasteiger partial charge in [-0.05, 0) is 163 Å². The molecule has 0 unspecified atom stereocenters. The smallest absolute Gasteiger partial charge is 0.373 e. The van der Waals surface area contributed by atoms with Gasteiger partial charge in [0.15, 0.2) is 6.29 Å². The largest absolute Gasteiger partial charge is 0.466 e. The summed E-state index contributed by atoms with van der Waals surface area (Å²) in [5.74, 6) is -0.279. The number of pyridine rings is 4. The van der Waals surface area contributed by atoms with Gasteiger partial charge in [0.25, 0.3) is 0 Å². The SMILES string of the molecule is CC(C)(C)[S@](=O)N=Cc1cnc2ccccc2c1.CC(C)(C)[S@](N)=O.CCC[C@H](N[S@@](=O)C(C)(C)C)c1cnc2ccccc2c1.CCO.CCO.CCO.CCO.CCOC(=O)C[C@H](N)c1cnc2ccccc2c1.Cl.O=C=O.O=Cc1cnc2ccccc2c1.[Ti]. The number of esters is 1. The number of aromatic nitrogens is 4. The number of nitrogens with one attached hydrogen (secondary N) is 1. The molecule has 20 nitrogen and oxygen atoms in total. The zero-order valence-electron chi connectivity index (χ0n) is 56.4. The van der Waals surface area contributed by atoms with Crippen LogP contribution in [0.5, 0.6) is 0 Å². The van der Waals surface area contributed by atoms with Crippen LogP contribution in [0, 0.1) is 0 Å². The monoisotopic (exact) mass is 1400 g/mol. The zero-order valence-corrected chi connectivity index (χ0v) is 61.2. The molecule has 0 aliphatic carbocycles. The Bertz CT molecular complexity index is 3470. The first-order valence-corrected chi connectivity index (χ1v) is 33.0. The van der Waals surface area contributed by atoms with Gasteiger partial charge in [0.1, 0.15) is 11.0 Å². The second-order valence-corrected chi connectivity index (χ2v) is 27.5. The summed E-state index contributed by atoms with van der Waals surface area (Å²) in [6.45, 7) is 29.2. The first kappa shape index (κ1) is 93.3. The van der Waals surface area contributed by atoms with Crippen molar-refractivity contribution in [1.29, 1.82) is 0 Å². The van der Waals surface area contributed by atoms with Gasteiger partial charge in [0.2, 0.25) is 0 Å². The maximum atomic E-state index is 12.4. The number of aliphatic hydroxyl groups excluding tert-OH is 4. The molecule has 8 aromatic rings. The summed E-state index contributed by atoms with van der Waals surface area (Å²) >= 11 is 0. The fourth-order valence-corrected chi connectivity index (χ4v) is 7.95. The van der Waals surface area contributed by atoms with Crippen molar-refractivity contribution in [3.63, 3.8) is 0 Å². The van der Waals surface area contributed by atoms with E-state index in [9.17, 15) is 22.2 Å². The number of carbonyl (C=O) groups is 2. The van der Waals surface area contributed by atoms with Crippen molar-refractivity contribution in [2.45, 2.75) is 149 Å². The number of nitrogens with two attached hydrogens (primary N) is 2. The molecule has 8 rings (SSSR count). The number of para-hydroxylation sites is 4. The Morgan fingerprint density at radius 3 is 1.27 bits per heavy atom. The molecule has 0 saturated heterocycles. The standard InChI is InChI=1S/C17H24N2OS.C14H16N2O2.C14H16N2OS.C10H7NO.C4H11NOS.4C2H6O.CO2.ClH.Ti/c1-5-8-16(19-21(20)17(2,3)4)14-11-13-9-6-7-10-15(13)18-12-14;1-2-18-14(17)8-12(15)11-7-10-5-3-4-6-13(10)16-9-11;1-14(2,3)18(17)16-10-11-8-12-6-4-5-7-13(12)15-9-11;12-7-8-5-9-3-1-2-4-10(9)11-6-8;1-4(2,3)7(5)6;4*1-2-3;2-1-3;;/h6-7,9-12,16,19H,5,8H2,1-4H3;3-7,9,12H,2,8,15H2,1H3;4-10H,1-3H3;1-7H;5H2,1-3H3;4*3H,2H2,1H3;;1H;/t16-,21-;12-;18-;;7-;;;;;;;/m000.1......./s1. The number of halogens is 1. The average Bonchev–Trinajstić information content (AvgIpc) is 1.55. The maximum Gasteiger partial charge on any atom is 0.373 e. The third-order valence-corrected chi connectivity index (χ3v) is 15.1. The molecule has 0 radical (unpaired) electrons. The van der Waals surface area contributed by atoms with Gasteiger partial charge in [-0.1, -0.05) is 86.1 Å². The van der Waals surface area contributed by atoms with Crippen LogP contribution in [0.25, 0.3) is 43.6 Å². The van der Waals surface area contributed by atoms with Crippen LogP contribution in [0.3, 0.4) is 0 Å². The third kappa shape index (κ3) is 41.4. The summed E-state index contributed by atoms with van der Waals surface area (Å²) < 4.78 is 45.9. The van der Waals surface area contributed by atoms with E-state index in [1.807, 2.05) is 178 Å². The first-order chi connectivity index (χ1) is 43.0. The summed E-state index contributed by atoms with van der Waals surface area (Å²) in [6.07, 6.45) is 11.8. The van der Waals surface area contributed by atoms with Crippen LogP contribution in [0.15, 0.2) is 151 Å². The Kier molecular flexibility index (Phi) is 53.3. The quantitative estimate of drug-likeness (QED) is 0.0259. The van der Waals surface area contributed by atoms with Crippen molar-refractivity contribution >= 4 is 114 Å². The number of aldehydes is 1. The fourth-order valence-electron chi connectivity index (χ4n) is 6.55. The minimum absolute atomic E-state index is 0. The number of nitrogens with zero attached hydrogens (tertiary/aromatic N) is 5. The van der Waals surface area contributed by atoms with Crippen LogP contribution in [-0.2, 0) is 73.8 Å². The molecular weight excluding hydrogens is 1300 g/mol. The molecule has 0 spiro atoms. The van der Waals surface area contributed by atoms with Crippen molar-refractivity contribution in [3.05, 3.63) is 168 Å². The summed E-state index contributed by atoms with van der Waals surface area (Å²) in [5.41, 5.74) is 13.2. The molecule has 5 atom stereocenters. The second-order valence-electron chi connectivity index (χ2n) is 21.8. The predicted molar refractivity (Wildman–Crippen MR) is 380 cm³/mol. The Balaban J connectivity index is -0.000000513. The van der Waals surface area contributed by atoms with E-state index < -0.39 is 33.0 Å². The van der Waals surface area contributed by atoms with Gasteiger partial charge >= 0.3 is 12.1 Å². The van der Waals surface area contributed by atoms with E-state index >= 15 is 0 Å². The van der Waals surface area contributed by atoms with E-state index in [0.717, 1.165) is 79.4 Å². The molecule has 4 aromatic heterocycles. The van der Waals surface area contributed by atoms with Crippen LogP contribution < -0.4 is 15.6 Å². The van der Waals surface area contributed by atoms with Crippen LogP contribution in [0.1, 0.15) is 162 Å². The van der Waals surface area contributed by atoms with E-state index in [-0.39, 0.29) is 105 Å². The van der Waals surface area contributed by atoms with Crippen LogP contribution >= 0.6 is 12.4 Å². The molecule has 512 valence electrons. The minimum Gasteiger partial charge on any atom is -0.466 e. The van der Waals surface area contributed by atoms with Gasteiger partial charge in [-0.25, -0.2) is 17.3 Å². The predicted octanol–water partition coefficient (Wildman–Crippen LogP) is 11.7. The number of ether oxygens (including phenoxy) is 1. The molecule has 4 aromatic carbocycles. The van der Waals surface area contributed by atoms with Crippen molar-refractivity contribution < 1.29 is 78.7 Å². The topological polar surface area (TPSA) is 338 Å². The summed E-state index contributed by atoms with van der Waals surface area (Å²) in [6, 6.07) is 39.1. The van der Waals surface area contributed by atoms with Gasteiger partial charge in [0, 0.05) is 124 Å². The van der Waals surface area contributed by atoms with E-state index in [0.29, 0.717) is 12.2 Å². The van der Waals surface area contributed by atoms with E-state index in [2.05, 4.69) is 48.1 Å². The molecule has 0 saturated carbocycles. The van der Waals surface area contributed by atoms with Crippen molar-refractivity contribution in [1.82, 2.24) is 24.7 Å². The number of rotatable bonds is 12. The Morgan fingerprint density at radius 1 is 0.591 bits per heavy atom. The van der Waals surface area contributed by atoms with E-state index in [1.165, 1.54) is 0 Å². The van der Waals surface area contributed by atoms with Crippen LogP contribution in [0.4, 0.5) is 0 Å². The Morgan fingerprint density at radius 2 is 0.925 bits per heavy atom. The van der Waals surface area contributed by atoms with Gasteiger partial charge in [-0.15, -0.1) is 12.4 Å². The molecule has 0 fully saturated rings. The summed E-state index contributed by atoms with van der Waals surface area (Å²) in [5, 5.41) is 39.5. The molecule has 0 bridgehead atoms. The zero-order chi connectivity index (χ0) is 69.6. The average molecular weight is 1400 g/mol. The number of hydrogen-bond donors (Lipinski definition) is 7. The molecule has 93 heavy (non-hydrogen) atoms. The number of hydrogen-bond acceptors (Lipinski definition) is 17. The normalized spacial score (nSPS) is 11.9.